The first-order valence-electron chi connectivity index (χ1n) is 7.74. The van der Waals surface area contributed by atoms with Crippen molar-refractivity contribution in [1.29, 1.82) is 5.26 Å². The van der Waals surface area contributed by atoms with Crippen LogP contribution < -0.4 is 5.32 Å². The molecule has 25 heavy (non-hydrogen) atoms. The van der Waals surface area contributed by atoms with Crippen LogP contribution in [-0.4, -0.2) is 9.97 Å². The number of benzene rings is 1. The molecule has 0 fully saturated rings. The van der Waals surface area contributed by atoms with Gasteiger partial charge in [-0.3, -0.25) is 0 Å². The summed E-state index contributed by atoms with van der Waals surface area (Å²) in [4.78, 5) is 9.56. The molecule has 0 saturated heterocycles. The minimum atomic E-state index is 0.527. The molecule has 4 aromatic rings. The number of hydrogen-bond donors (Lipinski definition) is 2. The van der Waals surface area contributed by atoms with Crippen molar-refractivity contribution in [2.24, 2.45) is 0 Å². The van der Waals surface area contributed by atoms with Crippen molar-refractivity contribution < 1.29 is 0 Å². The van der Waals surface area contributed by atoms with Gasteiger partial charge in [0.1, 0.15) is 10.9 Å². The molecule has 0 spiro atoms. The van der Waals surface area contributed by atoms with E-state index >= 15 is 0 Å². The topological polar surface area (TPSA) is 64.5 Å². The quantitative estimate of drug-likeness (QED) is 0.475. The molecular weight excluding hydrogens is 328 g/mol. The number of rotatable bonds is 4. The van der Waals surface area contributed by atoms with E-state index in [9.17, 15) is 5.26 Å². The highest BCUT2D eigenvalue weighted by Crippen LogP contribution is 2.35. The lowest BCUT2D eigenvalue weighted by Gasteiger charge is -2.09. The van der Waals surface area contributed by atoms with Gasteiger partial charge in [0, 0.05) is 39.2 Å². The van der Waals surface area contributed by atoms with Crippen LogP contribution >= 0.6 is 11.3 Å². The van der Waals surface area contributed by atoms with Crippen LogP contribution in [0, 0.1) is 11.3 Å². The Labute approximate surface area is 148 Å². The second-order valence-electron chi connectivity index (χ2n) is 5.53. The summed E-state index contributed by atoms with van der Waals surface area (Å²) < 4.78 is 0. The summed E-state index contributed by atoms with van der Waals surface area (Å²) in [6.45, 7) is 3.70. The molecule has 0 aliphatic heterocycles. The number of H-pyrrole nitrogens is 1. The number of allylic oxidation sites excluding steroid dienone is 2. The number of fused-ring (bicyclic) bond motifs is 2. The highest BCUT2D eigenvalue weighted by Gasteiger charge is 2.12. The second-order valence-corrected chi connectivity index (χ2v) is 6.59. The summed E-state index contributed by atoms with van der Waals surface area (Å²) in [5.74, 6) is 0. The summed E-state index contributed by atoms with van der Waals surface area (Å²) in [5, 5.41) is 15.0. The average Bonchev–Trinajstić information content (AvgIpc) is 3.26. The van der Waals surface area contributed by atoms with Crippen LogP contribution in [-0.2, 0) is 0 Å². The van der Waals surface area contributed by atoms with E-state index in [-0.39, 0.29) is 0 Å². The molecule has 0 radical (unpaired) electrons. The molecule has 0 unspecified atom stereocenters. The van der Waals surface area contributed by atoms with E-state index in [0.29, 0.717) is 5.56 Å². The molecule has 4 nitrogen and oxygen atoms in total. The second kappa shape index (κ2) is 6.27. The monoisotopic (exact) mass is 342 g/mol. The fourth-order valence-corrected chi connectivity index (χ4v) is 3.67. The lowest BCUT2D eigenvalue weighted by atomic mass is 10.1. The van der Waals surface area contributed by atoms with Gasteiger partial charge in [0.05, 0.1) is 11.3 Å². The number of aromatic nitrogens is 2. The number of nitrogens with one attached hydrogen (secondary N) is 2. The minimum Gasteiger partial charge on any atom is -0.361 e. The molecule has 0 bridgehead atoms. The zero-order valence-corrected chi connectivity index (χ0v) is 14.1. The Kier molecular flexibility index (Phi) is 3.81. The maximum atomic E-state index is 9.48. The molecule has 0 atom stereocenters. The average molecular weight is 342 g/mol. The maximum Gasteiger partial charge on any atom is 0.125 e. The van der Waals surface area contributed by atoms with Gasteiger partial charge in [-0.25, -0.2) is 4.98 Å². The van der Waals surface area contributed by atoms with Gasteiger partial charge >= 0.3 is 0 Å². The van der Waals surface area contributed by atoms with E-state index in [2.05, 4.69) is 34.0 Å². The van der Waals surface area contributed by atoms with Crippen LogP contribution in [0.4, 0.5) is 11.4 Å². The van der Waals surface area contributed by atoms with E-state index in [4.69, 9.17) is 0 Å². The maximum absolute atomic E-state index is 9.48. The van der Waals surface area contributed by atoms with Crippen LogP contribution in [0.5, 0.6) is 0 Å². The van der Waals surface area contributed by atoms with Crippen molar-refractivity contribution in [2.45, 2.75) is 0 Å². The number of aromatic amines is 1. The zero-order valence-electron chi connectivity index (χ0n) is 13.3. The Bertz CT molecular complexity index is 1160. The third-order valence-corrected chi connectivity index (χ3v) is 4.93. The molecule has 0 saturated carbocycles. The predicted octanol–water partition coefficient (Wildman–Crippen LogP) is 5.59. The first-order chi connectivity index (χ1) is 12.3. The van der Waals surface area contributed by atoms with Crippen molar-refractivity contribution >= 4 is 49.9 Å². The van der Waals surface area contributed by atoms with Crippen LogP contribution in [0.15, 0.2) is 61.5 Å². The summed E-state index contributed by atoms with van der Waals surface area (Å²) >= 11 is 1.58. The van der Waals surface area contributed by atoms with Crippen molar-refractivity contribution in [2.75, 3.05) is 5.32 Å². The molecule has 0 amide bonds. The number of anilines is 2. The van der Waals surface area contributed by atoms with Crippen molar-refractivity contribution in [1.82, 2.24) is 9.97 Å². The number of nitrogens with zero attached hydrogens (tertiary/aromatic N) is 2. The molecule has 120 valence electrons. The van der Waals surface area contributed by atoms with Crippen LogP contribution in [0.25, 0.3) is 27.2 Å². The number of nitriles is 1. The Morgan fingerprint density at radius 1 is 1.28 bits per heavy atom. The molecule has 0 aliphatic rings. The lowest BCUT2D eigenvalue weighted by Crippen LogP contribution is -1.95. The third kappa shape index (κ3) is 2.80. The summed E-state index contributed by atoms with van der Waals surface area (Å²) in [6, 6.07) is 12.4. The Balaban J connectivity index is 1.83. The molecular formula is C20H14N4S. The molecule has 5 heteroatoms. The zero-order chi connectivity index (χ0) is 17.2. The van der Waals surface area contributed by atoms with Gasteiger partial charge in [-0.2, -0.15) is 5.26 Å². The molecule has 1 aromatic carbocycles. The Hall–Kier alpha value is -3.36. The fourth-order valence-electron chi connectivity index (χ4n) is 2.75. The smallest absolute Gasteiger partial charge is 0.125 e. The first kappa shape index (κ1) is 15.2. The van der Waals surface area contributed by atoms with Gasteiger partial charge in [0.25, 0.3) is 0 Å². The van der Waals surface area contributed by atoms with Crippen LogP contribution in [0.2, 0.25) is 0 Å². The molecule has 4 rings (SSSR count). The van der Waals surface area contributed by atoms with Gasteiger partial charge in [-0.1, -0.05) is 18.7 Å². The Morgan fingerprint density at radius 3 is 3.04 bits per heavy atom. The summed E-state index contributed by atoms with van der Waals surface area (Å²) in [6.07, 6.45) is 9.15. The van der Waals surface area contributed by atoms with E-state index in [1.807, 2.05) is 42.6 Å². The highest BCUT2D eigenvalue weighted by molar-refractivity contribution is 7.19. The highest BCUT2D eigenvalue weighted by atomic mass is 32.1. The minimum absolute atomic E-state index is 0.527. The largest absolute Gasteiger partial charge is 0.361 e. The van der Waals surface area contributed by atoms with Gasteiger partial charge in [0.15, 0.2) is 0 Å². The standard InChI is InChI=1S/C20H14N4S/c1-2-3-4-16-10-17-19(14(11-21)12-23-20(17)25-16)24-15-5-6-18-13(9-15)7-8-22-18/h2-10,12,22H,1H2,(H,23,24)/b4-3+. The summed E-state index contributed by atoms with van der Waals surface area (Å²) in [5.41, 5.74) is 3.33. The van der Waals surface area contributed by atoms with Crippen LogP contribution in [0.1, 0.15) is 10.4 Å². The van der Waals surface area contributed by atoms with Gasteiger partial charge < -0.3 is 10.3 Å². The number of hydrogen-bond acceptors (Lipinski definition) is 4. The van der Waals surface area contributed by atoms with E-state index in [1.165, 1.54) is 0 Å². The van der Waals surface area contributed by atoms with E-state index in [0.717, 1.165) is 37.4 Å². The molecule has 2 N–H and O–H groups in total. The SMILES string of the molecule is C=C/C=C/c1cc2c(Nc3ccc4[nH]ccc4c3)c(C#N)cnc2s1. The fraction of sp³-hybridized carbons (Fsp3) is 0. The van der Waals surface area contributed by atoms with Gasteiger partial charge in [-0.15, -0.1) is 11.3 Å². The number of thiophene rings is 1. The number of pyridine rings is 1. The van der Waals surface area contributed by atoms with Gasteiger partial charge in [0.2, 0.25) is 0 Å². The summed E-state index contributed by atoms with van der Waals surface area (Å²) in [7, 11) is 0. The van der Waals surface area contributed by atoms with Gasteiger partial charge in [-0.05, 0) is 36.4 Å². The first-order valence-corrected chi connectivity index (χ1v) is 8.56. The van der Waals surface area contributed by atoms with E-state index in [1.54, 1.807) is 23.6 Å². The molecule has 3 aromatic heterocycles. The van der Waals surface area contributed by atoms with Crippen molar-refractivity contribution in [3.8, 4) is 6.07 Å². The molecule has 3 heterocycles. The molecule has 0 aliphatic carbocycles. The Morgan fingerprint density at radius 2 is 2.20 bits per heavy atom. The predicted molar refractivity (Wildman–Crippen MR) is 105 cm³/mol. The van der Waals surface area contributed by atoms with Crippen molar-refractivity contribution in [3.05, 3.63) is 71.9 Å². The van der Waals surface area contributed by atoms with E-state index < -0.39 is 0 Å². The van der Waals surface area contributed by atoms with Crippen LogP contribution in [0.3, 0.4) is 0 Å². The third-order valence-electron chi connectivity index (χ3n) is 3.92. The lowest BCUT2D eigenvalue weighted by molar-refractivity contribution is 1.38. The normalized spacial score (nSPS) is 11.2. The van der Waals surface area contributed by atoms with Crippen molar-refractivity contribution in [3.63, 3.8) is 0 Å².